The number of imide groups is 2. The number of benzene rings is 1. The molecular weight excluding hydrogens is 418 g/mol. The SMILES string of the molecule is O=C1CCC(N2C(=O)c3ccc(NC(=O)COCCOCCCl)cc3C2=O)C(=O)N1. The molecule has 5 amide bonds. The standard InChI is InChI=1S/C19H20ClN3O7/c20-5-6-29-7-8-30-10-16(25)21-11-1-2-12-13(9-11)19(28)23(18(12)27)14-3-4-15(24)22-17(14)26/h1-2,9,14H,3-8,10H2,(H,21,25)(H,22,24,26). The van der Waals surface area contributed by atoms with E-state index in [1.54, 1.807) is 0 Å². The van der Waals surface area contributed by atoms with Crippen molar-refractivity contribution in [3.8, 4) is 0 Å². The molecule has 0 radical (unpaired) electrons. The van der Waals surface area contributed by atoms with Gasteiger partial charge in [0.1, 0.15) is 12.6 Å². The van der Waals surface area contributed by atoms with Gasteiger partial charge in [-0.15, -0.1) is 11.6 Å². The van der Waals surface area contributed by atoms with Crippen LogP contribution in [0.25, 0.3) is 0 Å². The van der Waals surface area contributed by atoms with Crippen LogP contribution in [0, 0.1) is 0 Å². The Kier molecular flexibility index (Phi) is 7.14. The Morgan fingerprint density at radius 3 is 2.57 bits per heavy atom. The lowest BCUT2D eigenvalue weighted by atomic mass is 10.0. The monoisotopic (exact) mass is 437 g/mol. The average molecular weight is 438 g/mol. The Balaban J connectivity index is 1.60. The van der Waals surface area contributed by atoms with Crippen molar-refractivity contribution in [1.29, 1.82) is 0 Å². The molecule has 0 spiro atoms. The van der Waals surface area contributed by atoms with Crippen molar-refractivity contribution < 1.29 is 33.4 Å². The smallest absolute Gasteiger partial charge is 0.262 e. The Bertz CT molecular complexity index is 889. The van der Waals surface area contributed by atoms with E-state index in [0.29, 0.717) is 24.8 Å². The van der Waals surface area contributed by atoms with Gasteiger partial charge in [0.05, 0.1) is 30.9 Å². The number of amides is 5. The molecule has 10 nitrogen and oxygen atoms in total. The summed E-state index contributed by atoms with van der Waals surface area (Å²) in [5, 5.41) is 4.72. The highest BCUT2D eigenvalue weighted by Gasteiger charge is 2.44. The average Bonchev–Trinajstić information content (AvgIpc) is 2.95. The Labute approximate surface area is 176 Å². The lowest BCUT2D eigenvalue weighted by Crippen LogP contribution is -2.54. The second-order valence-electron chi connectivity index (χ2n) is 6.61. The van der Waals surface area contributed by atoms with Crippen molar-refractivity contribution in [1.82, 2.24) is 10.2 Å². The Morgan fingerprint density at radius 2 is 1.83 bits per heavy atom. The number of piperidine rings is 1. The maximum atomic E-state index is 12.7. The van der Waals surface area contributed by atoms with Crippen molar-refractivity contribution in [3.63, 3.8) is 0 Å². The van der Waals surface area contributed by atoms with Crippen molar-refractivity contribution in [2.24, 2.45) is 0 Å². The first-order valence-corrected chi connectivity index (χ1v) is 9.82. The number of nitrogens with one attached hydrogen (secondary N) is 2. The van der Waals surface area contributed by atoms with Crippen LogP contribution in [0.2, 0.25) is 0 Å². The Hall–Kier alpha value is -2.82. The molecule has 2 N–H and O–H groups in total. The highest BCUT2D eigenvalue weighted by molar-refractivity contribution is 6.24. The van der Waals surface area contributed by atoms with Crippen LogP contribution in [-0.2, 0) is 23.9 Å². The molecule has 0 saturated carbocycles. The minimum absolute atomic E-state index is 0.0437. The molecule has 1 saturated heterocycles. The van der Waals surface area contributed by atoms with E-state index in [0.717, 1.165) is 4.90 Å². The fourth-order valence-electron chi connectivity index (χ4n) is 3.19. The summed E-state index contributed by atoms with van der Waals surface area (Å²) in [6.45, 7) is 0.722. The summed E-state index contributed by atoms with van der Waals surface area (Å²) in [4.78, 5) is 61.6. The summed E-state index contributed by atoms with van der Waals surface area (Å²) in [5.74, 6) is -2.43. The third-order valence-corrected chi connectivity index (χ3v) is 4.70. The molecule has 0 aromatic heterocycles. The minimum atomic E-state index is -1.04. The number of carbonyl (C=O) groups excluding carboxylic acids is 5. The molecule has 1 atom stereocenters. The van der Waals surface area contributed by atoms with Gasteiger partial charge < -0.3 is 14.8 Å². The second-order valence-corrected chi connectivity index (χ2v) is 6.99. The summed E-state index contributed by atoms with van der Waals surface area (Å²) < 4.78 is 10.3. The molecule has 1 aromatic rings. The highest BCUT2D eigenvalue weighted by atomic mass is 35.5. The fourth-order valence-corrected chi connectivity index (χ4v) is 3.29. The zero-order valence-corrected chi connectivity index (χ0v) is 16.7. The van der Waals surface area contributed by atoms with Gasteiger partial charge in [-0.3, -0.25) is 34.2 Å². The van der Waals surface area contributed by atoms with E-state index in [-0.39, 0.29) is 37.2 Å². The van der Waals surface area contributed by atoms with E-state index >= 15 is 0 Å². The van der Waals surface area contributed by atoms with Gasteiger partial charge in [-0.05, 0) is 24.6 Å². The number of ether oxygens (including phenoxy) is 2. The van der Waals surface area contributed by atoms with Gasteiger partial charge in [-0.2, -0.15) is 0 Å². The number of carbonyl (C=O) groups is 5. The van der Waals surface area contributed by atoms with Gasteiger partial charge in [0.2, 0.25) is 17.7 Å². The van der Waals surface area contributed by atoms with Crippen LogP contribution in [0.15, 0.2) is 18.2 Å². The molecule has 11 heteroatoms. The maximum absolute atomic E-state index is 12.7. The predicted octanol–water partition coefficient (Wildman–Crippen LogP) is 0.298. The molecule has 2 heterocycles. The Morgan fingerprint density at radius 1 is 1.10 bits per heavy atom. The minimum Gasteiger partial charge on any atom is -0.378 e. The number of nitrogens with zero attached hydrogens (tertiary/aromatic N) is 1. The summed E-state index contributed by atoms with van der Waals surface area (Å²) in [6.07, 6.45) is 0.119. The van der Waals surface area contributed by atoms with Gasteiger partial charge in [-0.25, -0.2) is 0 Å². The molecule has 1 aromatic carbocycles. The molecule has 160 valence electrons. The maximum Gasteiger partial charge on any atom is 0.262 e. The fraction of sp³-hybridized carbons (Fsp3) is 0.421. The zero-order chi connectivity index (χ0) is 21.7. The third kappa shape index (κ3) is 4.84. The van der Waals surface area contributed by atoms with Gasteiger partial charge >= 0.3 is 0 Å². The molecule has 0 bridgehead atoms. The molecular formula is C19H20ClN3O7. The number of halogens is 1. The van der Waals surface area contributed by atoms with Crippen molar-refractivity contribution in [3.05, 3.63) is 29.3 Å². The van der Waals surface area contributed by atoms with Crippen LogP contribution in [0.1, 0.15) is 33.6 Å². The zero-order valence-electron chi connectivity index (χ0n) is 15.9. The van der Waals surface area contributed by atoms with Crippen molar-refractivity contribution in [2.45, 2.75) is 18.9 Å². The van der Waals surface area contributed by atoms with Gasteiger partial charge in [0.25, 0.3) is 11.8 Å². The summed E-state index contributed by atoms with van der Waals surface area (Å²) >= 11 is 5.47. The van der Waals surface area contributed by atoms with Crippen molar-refractivity contribution >= 4 is 46.8 Å². The van der Waals surface area contributed by atoms with Crippen LogP contribution >= 0.6 is 11.6 Å². The molecule has 1 unspecified atom stereocenters. The number of anilines is 1. The van der Waals surface area contributed by atoms with E-state index in [1.807, 2.05) is 0 Å². The molecule has 3 rings (SSSR count). The highest BCUT2D eigenvalue weighted by Crippen LogP contribution is 2.29. The molecule has 2 aliphatic rings. The summed E-state index contributed by atoms with van der Waals surface area (Å²) in [7, 11) is 0. The summed E-state index contributed by atoms with van der Waals surface area (Å²) in [5.41, 5.74) is 0.528. The first-order valence-electron chi connectivity index (χ1n) is 9.29. The lowest BCUT2D eigenvalue weighted by Gasteiger charge is -2.27. The van der Waals surface area contributed by atoms with Crippen molar-refractivity contribution in [2.75, 3.05) is 37.6 Å². The molecule has 0 aliphatic carbocycles. The second kappa shape index (κ2) is 9.79. The van der Waals surface area contributed by atoms with Crippen LogP contribution in [0.3, 0.4) is 0 Å². The number of hydrogen-bond donors (Lipinski definition) is 2. The van der Waals surface area contributed by atoms with E-state index in [1.165, 1.54) is 18.2 Å². The first-order chi connectivity index (χ1) is 14.4. The number of alkyl halides is 1. The molecule has 30 heavy (non-hydrogen) atoms. The predicted molar refractivity (Wildman–Crippen MR) is 104 cm³/mol. The molecule has 1 fully saturated rings. The number of fused-ring (bicyclic) bond motifs is 1. The molecule has 2 aliphatic heterocycles. The third-order valence-electron chi connectivity index (χ3n) is 4.55. The van der Waals surface area contributed by atoms with E-state index < -0.39 is 35.6 Å². The van der Waals surface area contributed by atoms with E-state index in [4.69, 9.17) is 21.1 Å². The lowest BCUT2D eigenvalue weighted by molar-refractivity contribution is -0.136. The first kappa shape index (κ1) is 21.9. The van der Waals surface area contributed by atoms with Gasteiger partial charge in [-0.1, -0.05) is 0 Å². The quantitative estimate of drug-likeness (QED) is 0.322. The van der Waals surface area contributed by atoms with Gasteiger partial charge in [0, 0.05) is 18.0 Å². The van der Waals surface area contributed by atoms with Crippen LogP contribution in [0.4, 0.5) is 5.69 Å². The normalized spacial score (nSPS) is 18.4. The number of hydrogen-bond acceptors (Lipinski definition) is 7. The van der Waals surface area contributed by atoms with E-state index in [2.05, 4.69) is 10.6 Å². The van der Waals surface area contributed by atoms with Gasteiger partial charge in [0.15, 0.2) is 0 Å². The van der Waals surface area contributed by atoms with Crippen LogP contribution in [-0.4, -0.2) is 72.8 Å². The summed E-state index contributed by atoms with van der Waals surface area (Å²) in [6, 6.07) is 3.24. The van der Waals surface area contributed by atoms with Crippen LogP contribution < -0.4 is 10.6 Å². The largest absolute Gasteiger partial charge is 0.378 e. The van der Waals surface area contributed by atoms with Crippen LogP contribution in [0.5, 0.6) is 0 Å². The number of rotatable bonds is 9. The van der Waals surface area contributed by atoms with E-state index in [9.17, 15) is 24.0 Å². The topological polar surface area (TPSA) is 131 Å².